The summed E-state index contributed by atoms with van der Waals surface area (Å²) < 4.78 is 5.26. The third-order valence-corrected chi connectivity index (χ3v) is 2.72. The van der Waals surface area contributed by atoms with Crippen LogP contribution in [0.5, 0.6) is 0 Å². The van der Waals surface area contributed by atoms with E-state index in [2.05, 4.69) is 10.6 Å². The van der Waals surface area contributed by atoms with Crippen molar-refractivity contribution in [3.8, 4) is 0 Å². The van der Waals surface area contributed by atoms with Crippen molar-refractivity contribution >= 4 is 23.4 Å². The molecule has 5 nitrogen and oxygen atoms in total. The van der Waals surface area contributed by atoms with Crippen LogP contribution in [0.4, 0.5) is 0 Å². The summed E-state index contributed by atoms with van der Waals surface area (Å²) in [6.45, 7) is 4.36. The lowest BCUT2D eigenvalue weighted by Crippen LogP contribution is -2.37. The molecule has 0 aliphatic carbocycles. The highest BCUT2D eigenvalue weighted by Gasteiger charge is 2.14. The lowest BCUT2D eigenvalue weighted by Gasteiger charge is -2.05. The van der Waals surface area contributed by atoms with Gasteiger partial charge in [0, 0.05) is 6.54 Å². The quantitative estimate of drug-likeness (QED) is 0.596. The molecule has 0 spiro atoms. The molecule has 6 heteroatoms. The van der Waals surface area contributed by atoms with Crippen LogP contribution in [0.2, 0.25) is 0 Å². The van der Waals surface area contributed by atoms with Gasteiger partial charge < -0.3 is 15.1 Å². The predicted octanol–water partition coefficient (Wildman–Crippen LogP) is 2.23. The van der Waals surface area contributed by atoms with Gasteiger partial charge in [0.05, 0.1) is 11.9 Å². The van der Waals surface area contributed by atoms with Crippen molar-refractivity contribution in [3.05, 3.63) is 23.7 Å². The number of nitrogens with one attached hydrogen (secondary N) is 2. The molecule has 0 aliphatic rings. The van der Waals surface area contributed by atoms with Crippen molar-refractivity contribution in [1.29, 1.82) is 0 Å². The minimum Gasteiger partial charge on any atom is -0.454 e. The summed E-state index contributed by atoms with van der Waals surface area (Å²) in [4.78, 5) is 23.1. The van der Waals surface area contributed by atoms with Gasteiger partial charge in [-0.15, -0.1) is 11.6 Å². The molecule has 1 rings (SSSR count). The Morgan fingerprint density at radius 3 is 2.68 bits per heavy atom. The topological polar surface area (TPSA) is 71.3 Å². The van der Waals surface area contributed by atoms with Crippen molar-refractivity contribution in [2.45, 2.75) is 32.1 Å². The fourth-order valence-electron chi connectivity index (χ4n) is 1.40. The normalized spacial score (nSPS) is 11.9. The maximum Gasteiger partial charge on any atom is 0.287 e. The molecule has 2 amide bonds. The Bertz CT molecular complexity index is 429. The molecule has 0 radical (unpaired) electrons. The monoisotopic (exact) mass is 286 g/mol. The van der Waals surface area contributed by atoms with Gasteiger partial charge in [0.1, 0.15) is 5.76 Å². The van der Waals surface area contributed by atoms with E-state index in [4.69, 9.17) is 16.0 Å². The number of carbonyl (C=O) groups is 2. The zero-order valence-electron chi connectivity index (χ0n) is 11.2. The van der Waals surface area contributed by atoms with Crippen molar-refractivity contribution in [3.63, 3.8) is 0 Å². The number of hydrogen-bond donors (Lipinski definition) is 2. The minimum absolute atomic E-state index is 0.0605. The number of carbonyl (C=O) groups excluding carboxylic acids is 2. The van der Waals surface area contributed by atoms with Gasteiger partial charge in [-0.3, -0.25) is 9.59 Å². The number of hydrogen-bond acceptors (Lipinski definition) is 3. The number of alkyl halides is 1. The molecular formula is C13H19ClN2O3. The molecular weight excluding hydrogens is 268 g/mol. The number of rotatable bonds is 7. The zero-order valence-corrected chi connectivity index (χ0v) is 11.9. The maximum absolute atomic E-state index is 11.7. The average molecular weight is 287 g/mol. The van der Waals surface area contributed by atoms with Gasteiger partial charge in [-0.1, -0.05) is 13.3 Å². The third kappa shape index (κ3) is 5.34. The van der Waals surface area contributed by atoms with Gasteiger partial charge in [0.15, 0.2) is 5.76 Å². The average Bonchev–Trinajstić information content (AvgIpc) is 2.86. The molecule has 0 bridgehead atoms. The molecule has 19 heavy (non-hydrogen) atoms. The van der Waals surface area contributed by atoms with Crippen LogP contribution in [-0.2, 0) is 4.79 Å². The van der Waals surface area contributed by atoms with Crippen LogP contribution >= 0.6 is 11.6 Å². The molecule has 0 saturated carbocycles. The summed E-state index contributed by atoms with van der Waals surface area (Å²) in [5, 5.41) is 4.91. The molecule has 0 saturated heterocycles. The Kier molecular flexibility index (Phi) is 6.42. The zero-order chi connectivity index (χ0) is 14.3. The fourth-order valence-corrected chi connectivity index (χ4v) is 1.52. The molecule has 1 aromatic rings. The molecule has 0 fully saturated rings. The Balaban J connectivity index is 2.36. The molecule has 0 aliphatic heterocycles. The van der Waals surface area contributed by atoms with Crippen molar-refractivity contribution in [2.24, 2.45) is 0 Å². The number of halogens is 1. The Morgan fingerprint density at radius 2 is 2.11 bits per heavy atom. The van der Waals surface area contributed by atoms with Crippen LogP contribution in [0.1, 0.15) is 48.4 Å². The van der Waals surface area contributed by atoms with Gasteiger partial charge >= 0.3 is 0 Å². The Morgan fingerprint density at radius 1 is 1.37 bits per heavy atom. The number of unbranched alkanes of at least 4 members (excludes halogenated alkanes) is 1. The van der Waals surface area contributed by atoms with Gasteiger partial charge in [-0.05, 0) is 25.5 Å². The van der Waals surface area contributed by atoms with E-state index >= 15 is 0 Å². The summed E-state index contributed by atoms with van der Waals surface area (Å²) in [5.74, 6) is 0.0524. The fraction of sp³-hybridized carbons (Fsp3) is 0.538. The van der Waals surface area contributed by atoms with Gasteiger partial charge in [0.2, 0.25) is 5.91 Å². The Hall–Kier alpha value is -1.49. The molecule has 1 heterocycles. The van der Waals surface area contributed by atoms with E-state index in [0.29, 0.717) is 12.3 Å². The van der Waals surface area contributed by atoms with E-state index < -0.39 is 5.91 Å². The van der Waals surface area contributed by atoms with E-state index in [1.165, 1.54) is 0 Å². The van der Waals surface area contributed by atoms with Crippen LogP contribution in [0, 0.1) is 0 Å². The summed E-state index contributed by atoms with van der Waals surface area (Å²) in [6.07, 6.45) is 1.94. The Labute approximate surface area is 117 Å². The second-order valence-corrected chi connectivity index (χ2v) is 4.86. The highest BCUT2D eigenvalue weighted by atomic mass is 35.5. The second-order valence-electron chi connectivity index (χ2n) is 4.20. The first-order chi connectivity index (χ1) is 9.04. The molecule has 1 unspecified atom stereocenters. The van der Waals surface area contributed by atoms with Crippen LogP contribution in [-0.4, -0.2) is 24.9 Å². The first-order valence-electron chi connectivity index (χ1n) is 6.33. The van der Waals surface area contributed by atoms with Crippen LogP contribution in [0.3, 0.4) is 0 Å². The molecule has 106 valence electrons. The first-order valence-corrected chi connectivity index (χ1v) is 6.77. The second kappa shape index (κ2) is 7.84. The smallest absolute Gasteiger partial charge is 0.287 e. The summed E-state index contributed by atoms with van der Waals surface area (Å²) in [7, 11) is 0. The van der Waals surface area contributed by atoms with E-state index in [0.717, 1.165) is 12.8 Å². The van der Waals surface area contributed by atoms with Gasteiger partial charge in [0.25, 0.3) is 5.91 Å². The van der Waals surface area contributed by atoms with Gasteiger partial charge in [-0.2, -0.15) is 0 Å². The highest BCUT2D eigenvalue weighted by molar-refractivity contribution is 6.20. The van der Waals surface area contributed by atoms with E-state index in [9.17, 15) is 9.59 Å². The largest absolute Gasteiger partial charge is 0.454 e. The summed E-state index contributed by atoms with van der Waals surface area (Å²) in [5.41, 5.74) is 0. The van der Waals surface area contributed by atoms with Crippen LogP contribution < -0.4 is 10.6 Å². The SMILES string of the molecule is CCCCNC(=O)CNC(=O)c1ccc(C(C)Cl)o1. The predicted molar refractivity (Wildman–Crippen MR) is 73.2 cm³/mol. The van der Waals surface area contributed by atoms with E-state index in [-0.39, 0.29) is 23.6 Å². The lowest BCUT2D eigenvalue weighted by molar-refractivity contribution is -0.120. The highest BCUT2D eigenvalue weighted by Crippen LogP contribution is 2.21. The molecule has 1 aromatic heterocycles. The van der Waals surface area contributed by atoms with Gasteiger partial charge in [-0.25, -0.2) is 0 Å². The molecule has 0 aromatic carbocycles. The summed E-state index contributed by atoms with van der Waals surface area (Å²) >= 11 is 5.83. The van der Waals surface area contributed by atoms with Crippen molar-refractivity contribution < 1.29 is 14.0 Å². The van der Waals surface area contributed by atoms with Crippen molar-refractivity contribution in [2.75, 3.05) is 13.1 Å². The van der Waals surface area contributed by atoms with Crippen LogP contribution in [0.15, 0.2) is 16.5 Å². The van der Waals surface area contributed by atoms with Crippen molar-refractivity contribution in [1.82, 2.24) is 10.6 Å². The third-order valence-electron chi connectivity index (χ3n) is 2.50. The van der Waals surface area contributed by atoms with E-state index in [1.807, 2.05) is 6.92 Å². The standard InChI is InChI=1S/C13H19ClN2O3/c1-3-4-7-15-12(17)8-16-13(18)11-6-5-10(19-11)9(2)14/h5-6,9H,3-4,7-8H2,1-2H3,(H,15,17)(H,16,18). The summed E-state index contributed by atoms with van der Waals surface area (Å²) in [6, 6.07) is 3.19. The van der Waals surface area contributed by atoms with Crippen LogP contribution in [0.25, 0.3) is 0 Å². The molecule has 2 N–H and O–H groups in total. The lowest BCUT2D eigenvalue weighted by atomic mass is 10.3. The number of amides is 2. The molecule has 1 atom stereocenters. The minimum atomic E-state index is -0.422. The van der Waals surface area contributed by atoms with E-state index in [1.54, 1.807) is 19.1 Å². The number of furan rings is 1. The first kappa shape index (κ1) is 15.6. The maximum atomic E-state index is 11.7.